The SMILES string of the molecule is CC(=O)NC1CN(C(=O)c2nc(NC(C)c3cncc(F)c3)nc3nc(C)sc23)C1. The maximum absolute atomic E-state index is 13.5. The van der Waals surface area contributed by atoms with E-state index in [0.717, 1.165) is 11.2 Å². The molecule has 0 radical (unpaired) electrons. The summed E-state index contributed by atoms with van der Waals surface area (Å²) in [5.41, 5.74) is 1.32. The van der Waals surface area contributed by atoms with Crippen LogP contribution in [0.3, 0.4) is 0 Å². The molecule has 30 heavy (non-hydrogen) atoms. The number of carbonyl (C=O) groups excluding carboxylic acids is 2. The van der Waals surface area contributed by atoms with E-state index in [2.05, 4.69) is 30.6 Å². The van der Waals surface area contributed by atoms with E-state index in [4.69, 9.17) is 0 Å². The minimum absolute atomic E-state index is 0.0509. The molecule has 4 heterocycles. The number of pyridine rings is 1. The van der Waals surface area contributed by atoms with Gasteiger partial charge in [-0.3, -0.25) is 14.6 Å². The van der Waals surface area contributed by atoms with Gasteiger partial charge in [0.25, 0.3) is 5.91 Å². The summed E-state index contributed by atoms with van der Waals surface area (Å²) in [4.78, 5) is 43.0. The summed E-state index contributed by atoms with van der Waals surface area (Å²) in [6.45, 7) is 5.97. The average molecular weight is 429 g/mol. The molecule has 4 rings (SSSR count). The van der Waals surface area contributed by atoms with E-state index in [1.165, 1.54) is 24.3 Å². The second kappa shape index (κ2) is 7.90. The number of aryl methyl sites for hydroxylation is 1. The molecule has 2 N–H and O–H groups in total. The summed E-state index contributed by atoms with van der Waals surface area (Å²) >= 11 is 1.36. The first-order valence-electron chi connectivity index (χ1n) is 9.38. The zero-order valence-corrected chi connectivity index (χ0v) is 17.5. The van der Waals surface area contributed by atoms with Crippen molar-refractivity contribution in [2.24, 2.45) is 0 Å². The number of amides is 2. The van der Waals surface area contributed by atoms with Gasteiger partial charge in [-0.15, -0.1) is 11.3 Å². The van der Waals surface area contributed by atoms with Crippen LogP contribution in [0.2, 0.25) is 0 Å². The summed E-state index contributed by atoms with van der Waals surface area (Å²) in [5, 5.41) is 6.66. The molecule has 1 atom stereocenters. The molecule has 1 saturated heterocycles. The Morgan fingerprint density at radius 1 is 1.27 bits per heavy atom. The number of rotatable bonds is 5. The number of nitrogens with zero attached hydrogens (tertiary/aromatic N) is 5. The fourth-order valence-electron chi connectivity index (χ4n) is 3.25. The molecule has 3 aromatic rings. The largest absolute Gasteiger partial charge is 0.350 e. The zero-order valence-electron chi connectivity index (χ0n) is 16.6. The van der Waals surface area contributed by atoms with E-state index in [9.17, 15) is 14.0 Å². The summed E-state index contributed by atoms with van der Waals surface area (Å²) in [6.07, 6.45) is 2.69. The van der Waals surface area contributed by atoms with Crippen LogP contribution in [0.4, 0.5) is 10.3 Å². The number of carbonyl (C=O) groups is 2. The fourth-order valence-corrected chi connectivity index (χ4v) is 4.09. The number of likely N-dealkylation sites (tertiary alicyclic amines) is 1. The van der Waals surface area contributed by atoms with E-state index in [1.54, 1.807) is 11.1 Å². The predicted molar refractivity (Wildman–Crippen MR) is 110 cm³/mol. The molecule has 9 nitrogen and oxygen atoms in total. The van der Waals surface area contributed by atoms with Gasteiger partial charge in [0.15, 0.2) is 11.3 Å². The standard InChI is InChI=1S/C19H20FN7O2S/c1-9(12-4-13(20)6-21-5-12)22-19-25-15(16-17(26-19)24-11(3)30-16)18(29)27-7-14(8-27)23-10(2)28/h4-6,9,14H,7-8H2,1-3H3,(H,23,28)(H,22,25,26). The van der Waals surface area contributed by atoms with Gasteiger partial charge in [-0.05, 0) is 25.5 Å². The number of nitrogens with one attached hydrogen (secondary N) is 2. The Balaban J connectivity index is 1.60. The van der Waals surface area contributed by atoms with E-state index in [-0.39, 0.29) is 35.5 Å². The number of hydrogen-bond acceptors (Lipinski definition) is 8. The van der Waals surface area contributed by atoms with Crippen LogP contribution in [-0.4, -0.2) is 55.8 Å². The Labute approximate surface area is 175 Å². The lowest BCUT2D eigenvalue weighted by Crippen LogP contribution is -2.60. The van der Waals surface area contributed by atoms with Crippen LogP contribution in [0.1, 0.15) is 40.9 Å². The highest BCUT2D eigenvalue weighted by Gasteiger charge is 2.34. The van der Waals surface area contributed by atoms with Crippen LogP contribution in [0, 0.1) is 12.7 Å². The van der Waals surface area contributed by atoms with Gasteiger partial charge in [0.1, 0.15) is 10.5 Å². The van der Waals surface area contributed by atoms with Gasteiger partial charge in [-0.2, -0.15) is 4.98 Å². The molecule has 0 bridgehead atoms. The highest BCUT2D eigenvalue weighted by Crippen LogP contribution is 2.27. The lowest BCUT2D eigenvalue weighted by Gasteiger charge is -2.39. The van der Waals surface area contributed by atoms with Crippen molar-refractivity contribution in [3.05, 3.63) is 40.5 Å². The van der Waals surface area contributed by atoms with Crippen LogP contribution in [0.5, 0.6) is 0 Å². The van der Waals surface area contributed by atoms with Crippen molar-refractivity contribution in [1.29, 1.82) is 0 Å². The van der Waals surface area contributed by atoms with Gasteiger partial charge in [0, 0.05) is 26.2 Å². The first kappa shape index (κ1) is 20.1. The first-order valence-corrected chi connectivity index (χ1v) is 10.2. The second-order valence-corrected chi connectivity index (χ2v) is 8.39. The number of thiazole rings is 1. The minimum atomic E-state index is -0.435. The van der Waals surface area contributed by atoms with Gasteiger partial charge >= 0.3 is 0 Å². The summed E-state index contributed by atoms with van der Waals surface area (Å²) < 4.78 is 14.1. The number of hydrogen-bond donors (Lipinski definition) is 2. The molecular weight excluding hydrogens is 409 g/mol. The van der Waals surface area contributed by atoms with Gasteiger partial charge in [-0.25, -0.2) is 14.4 Å². The minimum Gasteiger partial charge on any atom is -0.350 e. The normalized spacial score (nSPS) is 15.0. The van der Waals surface area contributed by atoms with Gasteiger partial charge < -0.3 is 15.5 Å². The zero-order chi connectivity index (χ0) is 21.4. The Bertz CT molecular complexity index is 1130. The molecule has 1 unspecified atom stereocenters. The second-order valence-electron chi connectivity index (χ2n) is 7.19. The maximum Gasteiger partial charge on any atom is 0.274 e. The van der Waals surface area contributed by atoms with Crippen molar-refractivity contribution < 1.29 is 14.0 Å². The van der Waals surface area contributed by atoms with Crippen molar-refractivity contribution in [2.75, 3.05) is 18.4 Å². The van der Waals surface area contributed by atoms with Crippen LogP contribution < -0.4 is 10.6 Å². The third-order valence-electron chi connectivity index (χ3n) is 4.71. The predicted octanol–water partition coefficient (Wildman–Crippen LogP) is 2.06. The summed E-state index contributed by atoms with van der Waals surface area (Å²) in [7, 11) is 0. The van der Waals surface area contributed by atoms with Crippen LogP contribution in [0.15, 0.2) is 18.5 Å². The third-order valence-corrected chi connectivity index (χ3v) is 5.68. The van der Waals surface area contributed by atoms with E-state index in [1.807, 2.05) is 13.8 Å². The molecule has 1 aliphatic rings. The van der Waals surface area contributed by atoms with Crippen molar-refractivity contribution in [3.8, 4) is 0 Å². The summed E-state index contributed by atoms with van der Waals surface area (Å²) in [6, 6.07) is 0.997. The molecule has 1 fully saturated rings. The smallest absolute Gasteiger partial charge is 0.274 e. The van der Waals surface area contributed by atoms with Crippen molar-refractivity contribution >= 4 is 39.4 Å². The van der Waals surface area contributed by atoms with E-state index in [0.29, 0.717) is 29.0 Å². The quantitative estimate of drug-likeness (QED) is 0.638. The number of aromatic nitrogens is 4. The molecule has 2 amide bonds. The van der Waals surface area contributed by atoms with Gasteiger partial charge in [0.05, 0.1) is 23.3 Å². The number of fused-ring (bicyclic) bond motifs is 1. The highest BCUT2D eigenvalue weighted by atomic mass is 32.1. The van der Waals surface area contributed by atoms with E-state index < -0.39 is 5.82 Å². The molecule has 3 aromatic heterocycles. The topological polar surface area (TPSA) is 113 Å². The number of halogens is 1. The molecule has 0 spiro atoms. The highest BCUT2D eigenvalue weighted by molar-refractivity contribution is 7.18. The lowest BCUT2D eigenvalue weighted by molar-refractivity contribution is -0.120. The Morgan fingerprint density at radius 2 is 2.03 bits per heavy atom. The monoisotopic (exact) mass is 429 g/mol. The van der Waals surface area contributed by atoms with E-state index >= 15 is 0 Å². The molecule has 0 aromatic carbocycles. The maximum atomic E-state index is 13.5. The first-order chi connectivity index (χ1) is 14.3. The molecule has 0 saturated carbocycles. The third kappa shape index (κ3) is 4.06. The molecule has 0 aliphatic carbocycles. The van der Waals surface area contributed by atoms with Crippen molar-refractivity contribution in [1.82, 2.24) is 30.2 Å². The molecule has 11 heteroatoms. The fraction of sp³-hybridized carbons (Fsp3) is 0.368. The van der Waals surface area contributed by atoms with Crippen molar-refractivity contribution in [3.63, 3.8) is 0 Å². The Hall–Kier alpha value is -3.21. The van der Waals surface area contributed by atoms with Crippen LogP contribution in [-0.2, 0) is 4.79 Å². The van der Waals surface area contributed by atoms with Crippen LogP contribution >= 0.6 is 11.3 Å². The lowest BCUT2D eigenvalue weighted by atomic mass is 10.1. The molecule has 156 valence electrons. The van der Waals surface area contributed by atoms with Crippen molar-refractivity contribution in [2.45, 2.75) is 32.9 Å². The number of anilines is 1. The van der Waals surface area contributed by atoms with Crippen LogP contribution in [0.25, 0.3) is 10.3 Å². The van der Waals surface area contributed by atoms with Gasteiger partial charge in [-0.1, -0.05) is 0 Å². The molecular formula is C19H20FN7O2S. The Morgan fingerprint density at radius 3 is 2.73 bits per heavy atom. The summed E-state index contributed by atoms with van der Waals surface area (Å²) in [5.74, 6) is -0.570. The average Bonchev–Trinajstić information content (AvgIpc) is 3.03. The molecule has 1 aliphatic heterocycles. The van der Waals surface area contributed by atoms with Gasteiger partial charge in [0.2, 0.25) is 11.9 Å². The Kier molecular flexibility index (Phi) is 5.29.